The quantitative estimate of drug-likeness (QED) is 0.419. The van der Waals surface area contributed by atoms with Crippen molar-refractivity contribution in [1.29, 1.82) is 0 Å². The van der Waals surface area contributed by atoms with Gasteiger partial charge in [-0.25, -0.2) is 0 Å². The largest absolute Gasteiger partial charge is 0.393 e. The van der Waals surface area contributed by atoms with Crippen LogP contribution in [0.2, 0.25) is 0 Å². The predicted octanol–water partition coefficient (Wildman–Crippen LogP) is 7.30. The minimum Gasteiger partial charge on any atom is -0.393 e. The van der Waals surface area contributed by atoms with Crippen molar-refractivity contribution >= 4 is 0 Å². The molecule has 0 bridgehead atoms. The van der Waals surface area contributed by atoms with E-state index in [0.29, 0.717) is 29.4 Å². The van der Waals surface area contributed by atoms with E-state index in [2.05, 4.69) is 69.0 Å². The zero-order valence-corrected chi connectivity index (χ0v) is 24.2. The summed E-state index contributed by atoms with van der Waals surface area (Å²) in [7, 11) is 0. The number of aliphatic hydroxyl groups is 1. The number of allylic oxidation sites excluding steroid dienone is 2. The molecular weight excluding hydrogens is 466 g/mol. The van der Waals surface area contributed by atoms with E-state index in [9.17, 15) is 5.11 Å². The molecule has 0 unspecified atom stereocenters. The molecule has 3 heteroatoms. The van der Waals surface area contributed by atoms with Gasteiger partial charge in [0.25, 0.3) is 0 Å². The van der Waals surface area contributed by atoms with Crippen LogP contribution in [0.5, 0.6) is 0 Å². The molecule has 0 radical (unpaired) electrons. The van der Waals surface area contributed by atoms with Gasteiger partial charge < -0.3 is 9.84 Å². The molecule has 206 valence electrons. The highest BCUT2D eigenvalue weighted by Crippen LogP contribution is 2.64. The summed E-state index contributed by atoms with van der Waals surface area (Å²) >= 11 is 0. The van der Waals surface area contributed by atoms with Crippen molar-refractivity contribution in [1.82, 2.24) is 4.90 Å². The molecule has 2 aliphatic heterocycles. The molecule has 2 heterocycles. The van der Waals surface area contributed by atoms with E-state index in [-0.39, 0.29) is 11.7 Å². The van der Waals surface area contributed by atoms with Crippen molar-refractivity contribution in [3.05, 3.63) is 58.7 Å². The maximum absolute atomic E-state index is 10.4. The standard InChI is InChI=1S/C35H49NO2/c1-22-16-32-33(36(20-22)21-25-8-6-5-7-9-25)24(3)35(38-32)15-13-28-29-11-10-26-17-27(37)12-14-34(26,4)31(29)18-30(28)23(2)19-35/h5-10,22,24,27-29,31-33,37H,11-21H2,1-4H3/t22-,24+,27-,28-,29-,31-,32+,33-,34-,35-/m0/s1. The Morgan fingerprint density at radius 2 is 1.89 bits per heavy atom. The fourth-order valence-electron chi connectivity index (χ4n) is 10.6. The van der Waals surface area contributed by atoms with Gasteiger partial charge >= 0.3 is 0 Å². The van der Waals surface area contributed by atoms with Crippen LogP contribution in [0.15, 0.2) is 53.1 Å². The fourth-order valence-corrected chi connectivity index (χ4v) is 10.6. The van der Waals surface area contributed by atoms with Crippen molar-refractivity contribution in [2.24, 2.45) is 35.0 Å². The number of hydrogen-bond donors (Lipinski definition) is 1. The highest BCUT2D eigenvalue weighted by atomic mass is 16.5. The van der Waals surface area contributed by atoms with Gasteiger partial charge in [0.1, 0.15) is 0 Å². The van der Waals surface area contributed by atoms with Crippen LogP contribution in [-0.4, -0.2) is 40.4 Å². The third-order valence-electron chi connectivity index (χ3n) is 12.5. The first-order valence-corrected chi connectivity index (χ1v) is 15.8. The van der Waals surface area contributed by atoms with Gasteiger partial charge in [-0.1, -0.05) is 73.9 Å². The van der Waals surface area contributed by atoms with E-state index < -0.39 is 0 Å². The average molecular weight is 516 g/mol. The van der Waals surface area contributed by atoms with Gasteiger partial charge in [-0.2, -0.15) is 0 Å². The van der Waals surface area contributed by atoms with Crippen LogP contribution < -0.4 is 0 Å². The number of fused-ring (bicyclic) bond motifs is 6. The van der Waals surface area contributed by atoms with Gasteiger partial charge in [0, 0.05) is 25.0 Å². The molecule has 2 saturated carbocycles. The zero-order chi connectivity index (χ0) is 26.2. The number of ether oxygens (including phenoxy) is 1. The first kappa shape index (κ1) is 25.5. The molecule has 0 amide bonds. The molecule has 38 heavy (non-hydrogen) atoms. The number of nitrogens with zero attached hydrogens (tertiary/aromatic N) is 1. The lowest BCUT2D eigenvalue weighted by atomic mass is 9.56. The summed E-state index contributed by atoms with van der Waals surface area (Å²) in [6, 6.07) is 11.6. The third kappa shape index (κ3) is 3.93. The lowest BCUT2D eigenvalue weighted by molar-refractivity contribution is -0.0798. The van der Waals surface area contributed by atoms with E-state index in [4.69, 9.17) is 4.74 Å². The summed E-state index contributed by atoms with van der Waals surface area (Å²) < 4.78 is 7.30. The summed E-state index contributed by atoms with van der Waals surface area (Å²) in [5, 5.41) is 10.4. The molecule has 1 N–H and O–H groups in total. The molecule has 0 aromatic heterocycles. The predicted molar refractivity (Wildman–Crippen MR) is 153 cm³/mol. The Bertz CT molecular complexity index is 1120. The summed E-state index contributed by atoms with van der Waals surface area (Å²) in [5.41, 5.74) is 6.78. The van der Waals surface area contributed by atoms with Crippen LogP contribution in [0.1, 0.15) is 91.0 Å². The minimum absolute atomic E-state index is 0.000231. The van der Waals surface area contributed by atoms with Crippen LogP contribution in [0.25, 0.3) is 0 Å². The van der Waals surface area contributed by atoms with Crippen molar-refractivity contribution in [3.63, 3.8) is 0 Å². The molecule has 1 aromatic rings. The van der Waals surface area contributed by atoms with E-state index in [0.717, 1.165) is 43.6 Å². The first-order chi connectivity index (χ1) is 18.3. The molecule has 3 nitrogen and oxygen atoms in total. The van der Waals surface area contributed by atoms with Crippen LogP contribution in [0, 0.1) is 35.0 Å². The van der Waals surface area contributed by atoms with Gasteiger partial charge in [0.2, 0.25) is 0 Å². The molecule has 4 aliphatic carbocycles. The molecule has 7 rings (SSSR count). The molecule has 1 spiro atoms. The van der Waals surface area contributed by atoms with Crippen molar-refractivity contribution in [2.75, 3.05) is 6.54 Å². The Morgan fingerprint density at radius 3 is 2.71 bits per heavy atom. The normalized spacial score (nSPS) is 46.7. The SMILES string of the molecule is CC1=C2C[C@H]3[C@@H](CC=C4C[C@@H](O)CC[C@@]43C)[C@@H]2CC[C@@]2(C1)O[C@@H]1C[C@H](C)CN(Cc3ccccc3)[C@H]1[C@H]2C. The van der Waals surface area contributed by atoms with E-state index >= 15 is 0 Å². The second kappa shape index (κ2) is 9.32. The number of likely N-dealkylation sites (tertiary alicyclic amines) is 1. The Hall–Kier alpha value is -1.42. The van der Waals surface area contributed by atoms with Gasteiger partial charge in [-0.3, -0.25) is 4.90 Å². The van der Waals surface area contributed by atoms with Gasteiger partial charge in [0.05, 0.1) is 17.8 Å². The molecule has 4 fully saturated rings. The molecule has 1 aromatic carbocycles. The topological polar surface area (TPSA) is 32.7 Å². The monoisotopic (exact) mass is 515 g/mol. The Labute approximate surface area is 230 Å². The number of benzene rings is 1. The Morgan fingerprint density at radius 1 is 1.08 bits per heavy atom. The zero-order valence-electron chi connectivity index (χ0n) is 24.2. The Balaban J connectivity index is 1.15. The number of rotatable bonds is 2. The summed E-state index contributed by atoms with van der Waals surface area (Å²) in [5.74, 6) is 3.53. The minimum atomic E-state index is -0.118. The second-order valence-electron chi connectivity index (χ2n) is 14.6. The van der Waals surface area contributed by atoms with Gasteiger partial charge in [-0.15, -0.1) is 0 Å². The maximum atomic E-state index is 10.4. The summed E-state index contributed by atoms with van der Waals surface area (Å²) in [4.78, 5) is 2.78. The maximum Gasteiger partial charge on any atom is 0.0765 e. The molecule has 2 saturated heterocycles. The molecule has 6 aliphatic rings. The average Bonchev–Trinajstić information content (AvgIpc) is 3.35. The summed E-state index contributed by atoms with van der Waals surface area (Å²) in [6.45, 7) is 12.2. The highest BCUT2D eigenvalue weighted by molar-refractivity contribution is 5.34. The van der Waals surface area contributed by atoms with Crippen LogP contribution in [-0.2, 0) is 11.3 Å². The number of piperidine rings is 1. The van der Waals surface area contributed by atoms with Crippen LogP contribution in [0.4, 0.5) is 0 Å². The number of hydrogen-bond acceptors (Lipinski definition) is 3. The smallest absolute Gasteiger partial charge is 0.0765 e. The Kier molecular flexibility index (Phi) is 6.26. The van der Waals surface area contributed by atoms with Gasteiger partial charge in [-0.05, 0) is 99.4 Å². The van der Waals surface area contributed by atoms with E-state index in [1.165, 1.54) is 50.6 Å². The second-order valence-corrected chi connectivity index (χ2v) is 14.6. The number of aliphatic hydroxyl groups excluding tert-OH is 1. The lowest BCUT2D eigenvalue weighted by Crippen LogP contribution is -2.51. The van der Waals surface area contributed by atoms with Crippen molar-refractivity contribution in [3.8, 4) is 0 Å². The van der Waals surface area contributed by atoms with Crippen LogP contribution >= 0.6 is 0 Å². The fraction of sp³-hybridized carbons (Fsp3) is 0.714. The lowest BCUT2D eigenvalue weighted by Gasteiger charge is -2.49. The van der Waals surface area contributed by atoms with Crippen molar-refractivity contribution < 1.29 is 9.84 Å². The first-order valence-electron chi connectivity index (χ1n) is 15.8. The molecular formula is C35H49NO2. The third-order valence-corrected chi connectivity index (χ3v) is 12.5. The van der Waals surface area contributed by atoms with Gasteiger partial charge in [0.15, 0.2) is 0 Å². The molecule has 10 atom stereocenters. The van der Waals surface area contributed by atoms with Crippen LogP contribution in [0.3, 0.4) is 0 Å². The van der Waals surface area contributed by atoms with Crippen molar-refractivity contribution in [2.45, 2.75) is 116 Å². The van der Waals surface area contributed by atoms with E-state index in [1.54, 1.807) is 16.7 Å². The summed E-state index contributed by atoms with van der Waals surface area (Å²) in [6.07, 6.45) is 13.3. The highest BCUT2D eigenvalue weighted by Gasteiger charge is 2.59. The van der Waals surface area contributed by atoms with E-state index in [1.807, 2.05) is 0 Å².